The summed E-state index contributed by atoms with van der Waals surface area (Å²) in [5.41, 5.74) is 0.169. The SMILES string of the molecule is CN=C(NCCNC(=O)OC(C)(C)C)NCc1cc(OC)ccc1O. The topological polar surface area (TPSA) is 104 Å². The molecule has 0 saturated heterocycles. The average Bonchev–Trinajstić information content (AvgIpc) is 2.54. The number of guanidine groups is 1. The largest absolute Gasteiger partial charge is 0.508 e. The Morgan fingerprint density at radius 1 is 1.20 bits per heavy atom. The number of phenols is 1. The molecule has 0 fully saturated rings. The number of nitrogens with zero attached hydrogens (tertiary/aromatic N) is 1. The van der Waals surface area contributed by atoms with Crippen molar-refractivity contribution in [2.24, 2.45) is 4.99 Å². The third kappa shape index (κ3) is 8.14. The van der Waals surface area contributed by atoms with Crippen LogP contribution in [-0.4, -0.2) is 50.0 Å². The van der Waals surface area contributed by atoms with Crippen LogP contribution in [0.5, 0.6) is 11.5 Å². The molecular formula is C17H28N4O4. The predicted molar refractivity (Wildman–Crippen MR) is 97.1 cm³/mol. The Morgan fingerprint density at radius 2 is 1.88 bits per heavy atom. The molecule has 0 saturated carbocycles. The summed E-state index contributed by atoms with van der Waals surface area (Å²) >= 11 is 0. The van der Waals surface area contributed by atoms with Gasteiger partial charge in [-0.25, -0.2) is 4.79 Å². The fourth-order valence-electron chi connectivity index (χ4n) is 1.89. The van der Waals surface area contributed by atoms with Crippen LogP contribution >= 0.6 is 0 Å². The van der Waals surface area contributed by atoms with Crippen LogP contribution < -0.4 is 20.7 Å². The van der Waals surface area contributed by atoms with Gasteiger partial charge in [0.05, 0.1) is 7.11 Å². The first-order valence-corrected chi connectivity index (χ1v) is 8.02. The first-order chi connectivity index (χ1) is 11.7. The van der Waals surface area contributed by atoms with Crippen LogP contribution in [0.4, 0.5) is 4.79 Å². The number of benzene rings is 1. The summed E-state index contributed by atoms with van der Waals surface area (Å²) in [5.74, 6) is 1.39. The normalized spacial score (nSPS) is 11.6. The molecular weight excluding hydrogens is 324 g/mol. The summed E-state index contributed by atoms with van der Waals surface area (Å²) in [5, 5.41) is 18.7. The zero-order chi connectivity index (χ0) is 18.9. The Balaban J connectivity index is 2.37. The molecule has 4 N–H and O–H groups in total. The number of hydrogen-bond donors (Lipinski definition) is 4. The second-order valence-corrected chi connectivity index (χ2v) is 6.28. The van der Waals surface area contributed by atoms with E-state index in [4.69, 9.17) is 9.47 Å². The number of methoxy groups -OCH3 is 1. The van der Waals surface area contributed by atoms with Gasteiger partial charge in [-0.2, -0.15) is 0 Å². The highest BCUT2D eigenvalue weighted by molar-refractivity contribution is 5.79. The molecule has 0 aliphatic rings. The third-order valence-electron chi connectivity index (χ3n) is 3.04. The van der Waals surface area contributed by atoms with Crippen molar-refractivity contribution in [1.29, 1.82) is 0 Å². The molecule has 8 heteroatoms. The maximum Gasteiger partial charge on any atom is 0.407 e. The standard InChI is InChI=1S/C17H28N4O4/c1-17(2,3)25-16(23)20-9-8-19-15(18-4)21-11-12-10-13(24-5)6-7-14(12)22/h6-7,10,22H,8-9,11H2,1-5H3,(H,20,23)(H2,18,19,21). The van der Waals surface area contributed by atoms with Crippen molar-refractivity contribution in [3.8, 4) is 11.5 Å². The molecule has 0 aliphatic heterocycles. The van der Waals surface area contributed by atoms with Crippen molar-refractivity contribution >= 4 is 12.1 Å². The van der Waals surface area contributed by atoms with E-state index in [1.54, 1.807) is 32.4 Å². The van der Waals surface area contributed by atoms with Gasteiger partial charge in [-0.05, 0) is 39.0 Å². The fraction of sp³-hybridized carbons (Fsp3) is 0.529. The van der Waals surface area contributed by atoms with E-state index >= 15 is 0 Å². The lowest BCUT2D eigenvalue weighted by atomic mass is 10.2. The number of phenolic OH excluding ortho intramolecular Hbond substituents is 1. The van der Waals surface area contributed by atoms with Crippen LogP contribution in [0.2, 0.25) is 0 Å². The van der Waals surface area contributed by atoms with Gasteiger partial charge in [0.1, 0.15) is 17.1 Å². The van der Waals surface area contributed by atoms with Crippen LogP contribution in [0.15, 0.2) is 23.2 Å². The first-order valence-electron chi connectivity index (χ1n) is 8.02. The Bertz CT molecular complexity index is 597. The molecule has 0 spiro atoms. The van der Waals surface area contributed by atoms with Crippen molar-refractivity contribution in [2.45, 2.75) is 32.9 Å². The van der Waals surface area contributed by atoms with Crippen molar-refractivity contribution in [1.82, 2.24) is 16.0 Å². The van der Waals surface area contributed by atoms with Crippen LogP contribution in [0, 0.1) is 0 Å². The molecule has 0 atom stereocenters. The minimum absolute atomic E-state index is 0.176. The Morgan fingerprint density at radius 3 is 2.48 bits per heavy atom. The van der Waals surface area contributed by atoms with Gasteiger partial charge in [0.25, 0.3) is 0 Å². The Hall–Kier alpha value is -2.64. The minimum Gasteiger partial charge on any atom is -0.508 e. The summed E-state index contributed by atoms with van der Waals surface area (Å²) in [6.07, 6.45) is -0.460. The zero-order valence-corrected chi connectivity index (χ0v) is 15.5. The third-order valence-corrected chi connectivity index (χ3v) is 3.04. The lowest BCUT2D eigenvalue weighted by Gasteiger charge is -2.20. The number of carbonyl (C=O) groups is 1. The molecule has 1 rings (SSSR count). The smallest absolute Gasteiger partial charge is 0.407 e. The first kappa shape index (κ1) is 20.4. The number of amides is 1. The van der Waals surface area contributed by atoms with Crippen LogP contribution in [0.1, 0.15) is 26.3 Å². The number of aliphatic imine (C=N–C) groups is 1. The summed E-state index contributed by atoms with van der Waals surface area (Å²) in [6, 6.07) is 5.02. The highest BCUT2D eigenvalue weighted by Gasteiger charge is 2.15. The van der Waals surface area contributed by atoms with Crippen LogP contribution in [0.25, 0.3) is 0 Å². The summed E-state index contributed by atoms with van der Waals surface area (Å²) in [7, 11) is 3.21. The molecule has 0 heterocycles. The minimum atomic E-state index is -0.520. The fourth-order valence-corrected chi connectivity index (χ4v) is 1.89. The average molecular weight is 352 g/mol. The van der Waals surface area contributed by atoms with Crippen LogP contribution in [0.3, 0.4) is 0 Å². The molecule has 1 aromatic rings. The number of carbonyl (C=O) groups excluding carboxylic acids is 1. The molecule has 1 amide bonds. The van der Waals surface area contributed by atoms with Gasteiger partial charge in [0.15, 0.2) is 5.96 Å². The highest BCUT2D eigenvalue weighted by Crippen LogP contribution is 2.22. The van der Waals surface area contributed by atoms with Gasteiger partial charge in [0.2, 0.25) is 0 Å². The van der Waals surface area contributed by atoms with E-state index in [9.17, 15) is 9.90 Å². The summed E-state index contributed by atoms with van der Waals surface area (Å²) in [6.45, 7) is 6.67. The highest BCUT2D eigenvalue weighted by atomic mass is 16.6. The van der Waals surface area contributed by atoms with E-state index in [2.05, 4.69) is 20.9 Å². The predicted octanol–water partition coefficient (Wildman–Crippen LogP) is 1.59. The second kappa shape index (κ2) is 9.61. The van der Waals surface area contributed by atoms with Gasteiger partial charge in [-0.15, -0.1) is 0 Å². The number of alkyl carbamates (subject to hydrolysis) is 1. The van der Waals surface area contributed by atoms with E-state index in [0.29, 0.717) is 36.9 Å². The van der Waals surface area contributed by atoms with Gasteiger partial charge >= 0.3 is 6.09 Å². The summed E-state index contributed by atoms with van der Waals surface area (Å²) in [4.78, 5) is 15.6. The molecule has 1 aromatic carbocycles. The molecule has 0 bridgehead atoms. The molecule has 25 heavy (non-hydrogen) atoms. The molecule has 0 unspecified atom stereocenters. The number of hydrogen-bond acceptors (Lipinski definition) is 5. The molecule has 0 aromatic heterocycles. The Labute approximate surface area is 148 Å². The lowest BCUT2D eigenvalue weighted by molar-refractivity contribution is 0.0529. The van der Waals surface area contributed by atoms with E-state index in [1.807, 2.05) is 20.8 Å². The monoisotopic (exact) mass is 352 g/mol. The van der Waals surface area contributed by atoms with E-state index in [-0.39, 0.29) is 5.75 Å². The van der Waals surface area contributed by atoms with Crippen molar-refractivity contribution in [3.63, 3.8) is 0 Å². The number of rotatable bonds is 6. The number of ether oxygens (including phenoxy) is 2. The summed E-state index contributed by atoms with van der Waals surface area (Å²) < 4.78 is 10.3. The van der Waals surface area contributed by atoms with Crippen molar-refractivity contribution < 1.29 is 19.4 Å². The molecule has 8 nitrogen and oxygen atoms in total. The van der Waals surface area contributed by atoms with Gasteiger partial charge in [0, 0.05) is 32.2 Å². The van der Waals surface area contributed by atoms with Crippen LogP contribution in [-0.2, 0) is 11.3 Å². The van der Waals surface area contributed by atoms with Crippen molar-refractivity contribution in [3.05, 3.63) is 23.8 Å². The quantitative estimate of drug-likeness (QED) is 0.352. The lowest BCUT2D eigenvalue weighted by Crippen LogP contribution is -2.42. The number of nitrogens with one attached hydrogen (secondary N) is 3. The number of aromatic hydroxyl groups is 1. The van der Waals surface area contributed by atoms with Gasteiger partial charge in [-0.3, -0.25) is 4.99 Å². The van der Waals surface area contributed by atoms with Gasteiger partial charge < -0.3 is 30.5 Å². The molecule has 0 aliphatic carbocycles. The van der Waals surface area contributed by atoms with E-state index in [0.717, 1.165) is 0 Å². The maximum atomic E-state index is 11.5. The molecule has 140 valence electrons. The zero-order valence-electron chi connectivity index (χ0n) is 15.5. The molecule has 0 radical (unpaired) electrons. The van der Waals surface area contributed by atoms with Gasteiger partial charge in [-0.1, -0.05) is 0 Å². The van der Waals surface area contributed by atoms with E-state index in [1.165, 1.54) is 0 Å². The van der Waals surface area contributed by atoms with E-state index < -0.39 is 11.7 Å². The van der Waals surface area contributed by atoms with Crippen molar-refractivity contribution in [2.75, 3.05) is 27.2 Å². The maximum absolute atomic E-state index is 11.5. The second-order valence-electron chi connectivity index (χ2n) is 6.28. The Kier molecular flexibility index (Phi) is 7.84.